The minimum absolute atomic E-state index is 0.189. The number of hydrogen-bond donors (Lipinski definition) is 0. The number of nitro groups is 1. The standard InChI is InChI=1S/C13H18FN3O2/c1-2-3-15-4-6-16(7-5-15)12-8-11(14)9-13(10-12)17(18)19/h8-10H,2-7H2,1H3. The molecule has 0 amide bonds. The first-order valence-corrected chi connectivity index (χ1v) is 6.52. The highest BCUT2D eigenvalue weighted by Crippen LogP contribution is 2.24. The van der Waals surface area contributed by atoms with Crippen molar-refractivity contribution in [1.29, 1.82) is 0 Å². The van der Waals surface area contributed by atoms with Crippen LogP contribution in [0.15, 0.2) is 18.2 Å². The van der Waals surface area contributed by atoms with Gasteiger partial charge in [-0.15, -0.1) is 0 Å². The maximum absolute atomic E-state index is 13.4. The molecule has 1 heterocycles. The van der Waals surface area contributed by atoms with Crippen LogP contribution in [0.4, 0.5) is 15.8 Å². The zero-order valence-electron chi connectivity index (χ0n) is 11.0. The Morgan fingerprint density at radius 2 is 1.95 bits per heavy atom. The van der Waals surface area contributed by atoms with E-state index in [9.17, 15) is 14.5 Å². The summed E-state index contributed by atoms with van der Waals surface area (Å²) in [4.78, 5) is 14.5. The SMILES string of the molecule is CCCN1CCN(c2cc(F)cc([N+](=O)[O-])c2)CC1. The van der Waals surface area contributed by atoms with Gasteiger partial charge in [0, 0.05) is 37.9 Å². The second-order valence-electron chi connectivity index (χ2n) is 4.75. The van der Waals surface area contributed by atoms with Gasteiger partial charge in [0.15, 0.2) is 0 Å². The monoisotopic (exact) mass is 267 g/mol. The summed E-state index contributed by atoms with van der Waals surface area (Å²) in [5.41, 5.74) is 0.411. The molecule has 0 atom stereocenters. The molecule has 1 aliphatic heterocycles. The first-order chi connectivity index (χ1) is 9.10. The van der Waals surface area contributed by atoms with Crippen molar-refractivity contribution in [3.05, 3.63) is 34.1 Å². The Bertz CT molecular complexity index is 459. The molecule has 1 saturated heterocycles. The number of non-ortho nitro benzene ring substituents is 1. The molecule has 1 fully saturated rings. The van der Waals surface area contributed by atoms with E-state index in [-0.39, 0.29) is 5.69 Å². The van der Waals surface area contributed by atoms with E-state index in [2.05, 4.69) is 11.8 Å². The van der Waals surface area contributed by atoms with Gasteiger partial charge in [0.05, 0.1) is 11.0 Å². The molecule has 0 N–H and O–H groups in total. The molecule has 5 nitrogen and oxygen atoms in total. The van der Waals surface area contributed by atoms with Crippen LogP contribution < -0.4 is 4.90 Å². The molecule has 1 aliphatic rings. The summed E-state index contributed by atoms with van der Waals surface area (Å²) in [6.07, 6.45) is 1.12. The lowest BCUT2D eigenvalue weighted by Crippen LogP contribution is -2.46. The molecule has 0 unspecified atom stereocenters. The highest BCUT2D eigenvalue weighted by atomic mass is 19.1. The molecule has 0 aliphatic carbocycles. The maximum atomic E-state index is 13.4. The van der Waals surface area contributed by atoms with Crippen LogP contribution in [0.2, 0.25) is 0 Å². The Labute approximate surface area is 111 Å². The van der Waals surface area contributed by atoms with Crippen LogP contribution in [0.25, 0.3) is 0 Å². The number of piperazine rings is 1. The van der Waals surface area contributed by atoms with Gasteiger partial charge < -0.3 is 4.90 Å². The van der Waals surface area contributed by atoms with Crippen LogP contribution >= 0.6 is 0 Å². The molecule has 0 radical (unpaired) electrons. The van der Waals surface area contributed by atoms with Crippen LogP contribution in [0.1, 0.15) is 13.3 Å². The fourth-order valence-electron chi connectivity index (χ4n) is 2.39. The van der Waals surface area contributed by atoms with Crippen molar-refractivity contribution < 1.29 is 9.31 Å². The summed E-state index contributed by atoms with van der Waals surface area (Å²) >= 11 is 0. The molecule has 19 heavy (non-hydrogen) atoms. The highest BCUT2D eigenvalue weighted by Gasteiger charge is 2.19. The van der Waals surface area contributed by atoms with Gasteiger partial charge in [-0.25, -0.2) is 4.39 Å². The zero-order valence-corrected chi connectivity index (χ0v) is 11.0. The van der Waals surface area contributed by atoms with Crippen LogP contribution in [0, 0.1) is 15.9 Å². The van der Waals surface area contributed by atoms with Crippen molar-refractivity contribution >= 4 is 11.4 Å². The number of nitrogens with zero attached hydrogens (tertiary/aromatic N) is 3. The molecule has 1 aromatic rings. The van der Waals surface area contributed by atoms with Gasteiger partial charge in [-0.05, 0) is 19.0 Å². The molecule has 6 heteroatoms. The average molecular weight is 267 g/mol. The second kappa shape index (κ2) is 5.97. The van der Waals surface area contributed by atoms with Gasteiger partial charge in [-0.2, -0.15) is 0 Å². The summed E-state index contributed by atoms with van der Waals surface area (Å²) in [5.74, 6) is -0.555. The average Bonchev–Trinajstić information content (AvgIpc) is 2.39. The largest absolute Gasteiger partial charge is 0.369 e. The van der Waals surface area contributed by atoms with Crippen molar-refractivity contribution in [2.24, 2.45) is 0 Å². The quantitative estimate of drug-likeness (QED) is 0.620. The third-order valence-electron chi connectivity index (χ3n) is 3.36. The lowest BCUT2D eigenvalue weighted by atomic mass is 10.2. The van der Waals surface area contributed by atoms with Gasteiger partial charge in [0.1, 0.15) is 5.82 Å². The van der Waals surface area contributed by atoms with E-state index in [1.165, 1.54) is 12.1 Å². The van der Waals surface area contributed by atoms with Crippen LogP contribution in [0.5, 0.6) is 0 Å². The van der Waals surface area contributed by atoms with Crippen molar-refractivity contribution in [1.82, 2.24) is 4.90 Å². The molecule has 104 valence electrons. The Morgan fingerprint density at radius 1 is 1.26 bits per heavy atom. The summed E-state index contributed by atoms with van der Waals surface area (Å²) in [6, 6.07) is 3.76. The molecule has 2 rings (SSSR count). The van der Waals surface area contributed by atoms with Gasteiger partial charge >= 0.3 is 0 Å². The van der Waals surface area contributed by atoms with Crippen molar-refractivity contribution in [3.8, 4) is 0 Å². The van der Waals surface area contributed by atoms with Gasteiger partial charge in [0.25, 0.3) is 5.69 Å². The topological polar surface area (TPSA) is 49.6 Å². The molecule has 0 saturated carbocycles. The smallest absolute Gasteiger partial charge is 0.274 e. The molecular formula is C13H18FN3O2. The second-order valence-corrected chi connectivity index (χ2v) is 4.75. The van der Waals surface area contributed by atoms with Crippen LogP contribution in [-0.2, 0) is 0 Å². The number of hydrogen-bond acceptors (Lipinski definition) is 4. The molecule has 1 aromatic carbocycles. The Kier molecular flexibility index (Phi) is 4.31. The van der Waals surface area contributed by atoms with E-state index in [4.69, 9.17) is 0 Å². The number of nitro benzene ring substituents is 1. The number of rotatable bonds is 4. The van der Waals surface area contributed by atoms with E-state index in [0.29, 0.717) is 5.69 Å². The lowest BCUT2D eigenvalue weighted by Gasteiger charge is -2.35. The summed E-state index contributed by atoms with van der Waals surface area (Å²) < 4.78 is 13.4. The van der Waals surface area contributed by atoms with Gasteiger partial charge in [-0.1, -0.05) is 6.92 Å². The first kappa shape index (κ1) is 13.7. The van der Waals surface area contributed by atoms with E-state index < -0.39 is 10.7 Å². The predicted octanol–water partition coefficient (Wildman–Crippen LogP) is 2.27. The number of anilines is 1. The van der Waals surface area contributed by atoms with E-state index in [1.807, 2.05) is 4.90 Å². The van der Waals surface area contributed by atoms with Crippen molar-refractivity contribution in [3.63, 3.8) is 0 Å². The fraction of sp³-hybridized carbons (Fsp3) is 0.538. The Hall–Kier alpha value is -1.69. The fourth-order valence-corrected chi connectivity index (χ4v) is 2.39. The van der Waals surface area contributed by atoms with Crippen molar-refractivity contribution in [2.45, 2.75) is 13.3 Å². The number of benzene rings is 1. The van der Waals surface area contributed by atoms with Gasteiger partial charge in [0.2, 0.25) is 0 Å². The Morgan fingerprint density at radius 3 is 2.53 bits per heavy atom. The summed E-state index contributed by atoms with van der Waals surface area (Å²) in [5, 5.41) is 10.7. The summed E-state index contributed by atoms with van der Waals surface area (Å²) in [6.45, 7) is 6.59. The van der Waals surface area contributed by atoms with Crippen LogP contribution in [0.3, 0.4) is 0 Å². The third kappa shape index (κ3) is 3.41. The predicted molar refractivity (Wildman–Crippen MR) is 72.0 cm³/mol. The molecule has 0 spiro atoms. The van der Waals surface area contributed by atoms with E-state index in [1.54, 1.807) is 0 Å². The summed E-state index contributed by atoms with van der Waals surface area (Å²) in [7, 11) is 0. The molecular weight excluding hydrogens is 249 g/mol. The minimum Gasteiger partial charge on any atom is -0.369 e. The molecule has 0 bridgehead atoms. The Balaban J connectivity index is 2.09. The number of halogens is 1. The molecule has 0 aromatic heterocycles. The zero-order chi connectivity index (χ0) is 13.8. The van der Waals surface area contributed by atoms with E-state index in [0.717, 1.165) is 45.2 Å². The highest BCUT2D eigenvalue weighted by molar-refractivity contribution is 5.54. The van der Waals surface area contributed by atoms with E-state index >= 15 is 0 Å². The first-order valence-electron chi connectivity index (χ1n) is 6.52. The lowest BCUT2D eigenvalue weighted by molar-refractivity contribution is -0.385. The maximum Gasteiger partial charge on any atom is 0.274 e. The van der Waals surface area contributed by atoms with Gasteiger partial charge in [-0.3, -0.25) is 15.0 Å². The normalized spacial score (nSPS) is 16.6. The van der Waals surface area contributed by atoms with Crippen LogP contribution in [-0.4, -0.2) is 42.5 Å². The van der Waals surface area contributed by atoms with Crippen molar-refractivity contribution in [2.75, 3.05) is 37.6 Å². The third-order valence-corrected chi connectivity index (χ3v) is 3.36. The minimum atomic E-state index is -0.556.